The van der Waals surface area contributed by atoms with Crippen LogP contribution >= 0.6 is 45.2 Å². The molecule has 0 unspecified atom stereocenters. The Morgan fingerprint density at radius 2 is 0.885 bits per heavy atom. The van der Waals surface area contributed by atoms with E-state index >= 15 is 0 Å². The van der Waals surface area contributed by atoms with Gasteiger partial charge in [-0.3, -0.25) is 40.5 Å². The lowest BCUT2D eigenvalue weighted by atomic mass is 10.0. The van der Waals surface area contributed by atoms with E-state index in [0.29, 0.717) is 0 Å². The maximum absolute atomic E-state index is 11.4. The summed E-state index contributed by atoms with van der Waals surface area (Å²) in [6, 6.07) is 4.01. The van der Waals surface area contributed by atoms with Crippen LogP contribution in [0.5, 0.6) is 0 Å². The summed E-state index contributed by atoms with van der Waals surface area (Å²) in [7, 11) is 0. The van der Waals surface area contributed by atoms with Gasteiger partial charge in [0.25, 0.3) is 22.7 Å². The molecule has 12 nitrogen and oxygen atoms in total. The molecule has 134 valence electrons. The number of hydrogen-bond acceptors (Lipinski definition) is 8. The third-order valence-corrected chi connectivity index (χ3v) is 5.37. The molecule has 0 saturated carbocycles. The van der Waals surface area contributed by atoms with Gasteiger partial charge in [0.05, 0.1) is 30.8 Å². The molecular weight excluding hydrogens is 582 g/mol. The highest BCUT2D eigenvalue weighted by Gasteiger charge is 2.34. The SMILES string of the molecule is O=[N+]([O-])c1ccc(-c2ccc([N+](=O)[O-])c(I)c2[N+](=O)[O-])c([N+](=O)[O-])c1I. The van der Waals surface area contributed by atoms with E-state index in [9.17, 15) is 40.5 Å². The molecule has 0 aliphatic heterocycles. The third kappa shape index (κ3) is 3.41. The summed E-state index contributed by atoms with van der Waals surface area (Å²) in [5.41, 5.74) is -2.92. The molecule has 0 spiro atoms. The molecule has 0 amide bonds. The predicted molar refractivity (Wildman–Crippen MR) is 104 cm³/mol. The van der Waals surface area contributed by atoms with Gasteiger partial charge < -0.3 is 0 Å². The first-order valence-corrected chi connectivity index (χ1v) is 8.46. The van der Waals surface area contributed by atoms with E-state index in [4.69, 9.17) is 0 Å². The topological polar surface area (TPSA) is 173 Å². The van der Waals surface area contributed by atoms with Gasteiger partial charge in [0, 0.05) is 12.1 Å². The molecule has 2 aromatic rings. The van der Waals surface area contributed by atoms with Crippen molar-refractivity contribution in [3.05, 3.63) is 71.9 Å². The first kappa shape index (κ1) is 19.8. The average molecular weight is 586 g/mol. The fraction of sp³-hybridized carbons (Fsp3) is 0. The lowest BCUT2D eigenvalue weighted by Crippen LogP contribution is -2.03. The monoisotopic (exact) mass is 586 g/mol. The van der Waals surface area contributed by atoms with Crippen molar-refractivity contribution in [3.63, 3.8) is 0 Å². The lowest BCUT2D eigenvalue weighted by Gasteiger charge is -2.08. The molecule has 0 aliphatic rings. The molecule has 14 heteroatoms. The quantitative estimate of drug-likeness (QED) is 0.285. The third-order valence-electron chi connectivity index (χ3n) is 3.24. The lowest BCUT2D eigenvalue weighted by molar-refractivity contribution is -0.397. The maximum Gasteiger partial charge on any atom is 0.297 e. The van der Waals surface area contributed by atoms with Crippen LogP contribution in [0, 0.1) is 47.6 Å². The number of nitro benzene ring substituents is 4. The van der Waals surface area contributed by atoms with Crippen LogP contribution in [-0.4, -0.2) is 19.7 Å². The zero-order valence-corrected chi connectivity index (χ0v) is 16.4. The van der Waals surface area contributed by atoms with Gasteiger partial charge >= 0.3 is 0 Å². The molecule has 0 bridgehead atoms. The first-order valence-electron chi connectivity index (χ1n) is 6.30. The second kappa shape index (κ2) is 7.40. The van der Waals surface area contributed by atoms with E-state index < -0.39 is 42.4 Å². The summed E-state index contributed by atoms with van der Waals surface area (Å²) in [6.07, 6.45) is 0. The minimum atomic E-state index is -0.887. The Balaban J connectivity index is 2.93. The fourth-order valence-corrected chi connectivity index (χ4v) is 3.91. The Morgan fingerprint density at radius 1 is 0.577 bits per heavy atom. The zero-order chi connectivity index (χ0) is 19.8. The van der Waals surface area contributed by atoms with E-state index in [1.165, 1.54) is 45.2 Å². The van der Waals surface area contributed by atoms with Crippen LogP contribution in [0.25, 0.3) is 11.1 Å². The molecule has 0 heterocycles. The van der Waals surface area contributed by atoms with Crippen molar-refractivity contribution in [2.75, 3.05) is 0 Å². The minimum absolute atomic E-state index is 0.246. The van der Waals surface area contributed by atoms with Gasteiger partial charge in [-0.05, 0) is 57.3 Å². The van der Waals surface area contributed by atoms with Crippen molar-refractivity contribution in [3.8, 4) is 11.1 Å². The Labute approximate surface area is 170 Å². The Hall–Kier alpha value is -2.50. The van der Waals surface area contributed by atoms with E-state index in [-0.39, 0.29) is 18.3 Å². The van der Waals surface area contributed by atoms with Crippen LogP contribution in [0.4, 0.5) is 22.7 Å². The summed E-state index contributed by atoms with van der Waals surface area (Å²) in [4.78, 5) is 41.4. The Bertz CT molecular complexity index is 914. The van der Waals surface area contributed by atoms with Crippen LogP contribution < -0.4 is 0 Å². The van der Waals surface area contributed by atoms with Crippen molar-refractivity contribution < 1.29 is 19.7 Å². The van der Waals surface area contributed by atoms with Crippen molar-refractivity contribution in [2.24, 2.45) is 0 Å². The predicted octanol–water partition coefficient (Wildman–Crippen LogP) is 4.20. The summed E-state index contributed by atoms with van der Waals surface area (Å²) >= 11 is 2.83. The highest BCUT2D eigenvalue weighted by atomic mass is 127. The highest BCUT2D eigenvalue weighted by molar-refractivity contribution is 14.1. The molecule has 0 N–H and O–H groups in total. The number of rotatable bonds is 5. The molecule has 0 fully saturated rings. The highest BCUT2D eigenvalue weighted by Crippen LogP contribution is 2.44. The van der Waals surface area contributed by atoms with Crippen molar-refractivity contribution in [1.82, 2.24) is 0 Å². The van der Waals surface area contributed by atoms with Crippen LogP contribution in [0.2, 0.25) is 0 Å². The standard InChI is InChI=1S/C12H4I2N4O8/c13-9-7(15(19)20)3-1-5(11(9)17(23)24)6-2-4-8(16(21)22)10(14)12(6)18(25)26/h1-4H. The van der Waals surface area contributed by atoms with E-state index in [0.717, 1.165) is 24.3 Å². The van der Waals surface area contributed by atoms with Gasteiger partial charge in [0.2, 0.25) is 0 Å². The first-order chi connectivity index (χ1) is 12.1. The van der Waals surface area contributed by atoms with Crippen molar-refractivity contribution in [2.45, 2.75) is 0 Å². The maximum atomic E-state index is 11.4. The Morgan fingerprint density at radius 3 is 1.12 bits per heavy atom. The molecule has 0 radical (unpaired) electrons. The minimum Gasteiger partial charge on any atom is -0.258 e. The summed E-state index contributed by atoms with van der Waals surface area (Å²) in [6.45, 7) is 0. The molecule has 0 atom stereocenters. The zero-order valence-electron chi connectivity index (χ0n) is 12.1. The van der Waals surface area contributed by atoms with Gasteiger partial charge in [-0.2, -0.15) is 0 Å². The fourth-order valence-electron chi connectivity index (χ4n) is 2.18. The van der Waals surface area contributed by atoms with Crippen LogP contribution in [0.3, 0.4) is 0 Å². The van der Waals surface area contributed by atoms with Crippen molar-refractivity contribution in [1.29, 1.82) is 0 Å². The normalized spacial score (nSPS) is 10.4. The van der Waals surface area contributed by atoms with E-state index in [1.54, 1.807) is 0 Å². The molecular formula is C12H4I2N4O8. The second-order valence-electron chi connectivity index (χ2n) is 4.62. The molecule has 0 saturated heterocycles. The van der Waals surface area contributed by atoms with Gasteiger partial charge in [0.15, 0.2) is 7.14 Å². The summed E-state index contributed by atoms with van der Waals surface area (Å²) < 4.78 is -0.615. The number of nitrogens with zero attached hydrogens (tertiary/aromatic N) is 4. The molecule has 26 heavy (non-hydrogen) atoms. The van der Waals surface area contributed by atoms with Gasteiger partial charge in [-0.15, -0.1) is 0 Å². The molecule has 2 rings (SSSR count). The molecule has 0 aliphatic carbocycles. The molecule has 0 aromatic heterocycles. The summed E-state index contributed by atoms with van der Waals surface area (Å²) in [5, 5.41) is 44.8. The van der Waals surface area contributed by atoms with Crippen molar-refractivity contribution >= 4 is 67.9 Å². The number of hydrogen-bond donors (Lipinski definition) is 0. The average Bonchev–Trinajstić information content (AvgIpc) is 2.52. The number of nitro groups is 4. The smallest absolute Gasteiger partial charge is 0.258 e. The number of halogens is 2. The molecule has 2 aromatic carbocycles. The van der Waals surface area contributed by atoms with Crippen LogP contribution in [0.15, 0.2) is 24.3 Å². The number of benzene rings is 2. The van der Waals surface area contributed by atoms with Gasteiger partial charge in [0.1, 0.15) is 0 Å². The van der Waals surface area contributed by atoms with Crippen LogP contribution in [0.1, 0.15) is 0 Å². The van der Waals surface area contributed by atoms with Gasteiger partial charge in [-0.1, -0.05) is 0 Å². The second-order valence-corrected chi connectivity index (χ2v) is 6.78. The Kier molecular flexibility index (Phi) is 5.64. The van der Waals surface area contributed by atoms with E-state index in [1.807, 2.05) is 0 Å². The van der Waals surface area contributed by atoms with E-state index in [2.05, 4.69) is 0 Å². The van der Waals surface area contributed by atoms with Gasteiger partial charge in [-0.25, -0.2) is 0 Å². The largest absolute Gasteiger partial charge is 0.297 e. The summed E-state index contributed by atoms with van der Waals surface area (Å²) in [5.74, 6) is 0. The van der Waals surface area contributed by atoms with Crippen LogP contribution in [-0.2, 0) is 0 Å².